The smallest absolute Gasteiger partial charge is 0.122 e. The van der Waals surface area contributed by atoms with Crippen molar-refractivity contribution in [2.75, 3.05) is 7.11 Å². The third-order valence-electron chi connectivity index (χ3n) is 3.40. The topological polar surface area (TPSA) is 9.23 Å². The summed E-state index contributed by atoms with van der Waals surface area (Å²) in [4.78, 5) is 0. The van der Waals surface area contributed by atoms with Crippen LogP contribution in [0.15, 0.2) is 18.2 Å². The molecule has 0 aliphatic rings. The van der Waals surface area contributed by atoms with Crippen LogP contribution in [0.5, 0.6) is 5.75 Å². The zero-order valence-corrected chi connectivity index (χ0v) is 11.0. The Labute approximate surface area is 99.8 Å². The first-order chi connectivity index (χ1) is 7.55. The fourth-order valence-corrected chi connectivity index (χ4v) is 1.77. The lowest BCUT2D eigenvalue weighted by Gasteiger charge is -2.24. The van der Waals surface area contributed by atoms with E-state index in [4.69, 9.17) is 4.74 Å². The molecule has 1 aromatic carbocycles. The van der Waals surface area contributed by atoms with Crippen LogP contribution in [0.2, 0.25) is 0 Å². The number of hydrogen-bond donors (Lipinski definition) is 0. The quantitative estimate of drug-likeness (QED) is 0.723. The molecule has 0 heterocycles. The van der Waals surface area contributed by atoms with Crippen molar-refractivity contribution in [2.24, 2.45) is 0 Å². The second kappa shape index (κ2) is 5.38. The number of methoxy groups -OCH3 is 1. The molecule has 1 nitrogen and oxygen atoms in total. The van der Waals surface area contributed by atoms with Crippen molar-refractivity contribution in [1.82, 2.24) is 0 Å². The highest BCUT2D eigenvalue weighted by Crippen LogP contribution is 2.31. The van der Waals surface area contributed by atoms with Crippen molar-refractivity contribution in [3.8, 4) is 5.75 Å². The zero-order valence-electron chi connectivity index (χ0n) is 11.0. The number of rotatable bonds is 5. The van der Waals surface area contributed by atoms with E-state index in [2.05, 4.69) is 45.9 Å². The van der Waals surface area contributed by atoms with Crippen molar-refractivity contribution >= 4 is 0 Å². The van der Waals surface area contributed by atoms with Crippen LogP contribution < -0.4 is 4.74 Å². The van der Waals surface area contributed by atoms with Gasteiger partial charge in [-0.2, -0.15) is 0 Å². The highest BCUT2D eigenvalue weighted by molar-refractivity contribution is 5.40. The molecule has 16 heavy (non-hydrogen) atoms. The Morgan fingerprint density at radius 1 is 1.31 bits per heavy atom. The first-order valence-electron chi connectivity index (χ1n) is 6.01. The van der Waals surface area contributed by atoms with Crippen LogP contribution in [-0.4, -0.2) is 7.11 Å². The van der Waals surface area contributed by atoms with Gasteiger partial charge in [0.25, 0.3) is 0 Å². The SMILES string of the molecule is [CH2]CCc1ccc(C(C)(C)CC)cc1OC. The van der Waals surface area contributed by atoms with Gasteiger partial charge in [0.05, 0.1) is 7.11 Å². The minimum absolute atomic E-state index is 0.219. The van der Waals surface area contributed by atoms with Crippen molar-refractivity contribution in [1.29, 1.82) is 0 Å². The van der Waals surface area contributed by atoms with Gasteiger partial charge in [-0.05, 0) is 41.9 Å². The summed E-state index contributed by atoms with van der Waals surface area (Å²) in [5.74, 6) is 1.00. The van der Waals surface area contributed by atoms with Crippen LogP contribution in [-0.2, 0) is 11.8 Å². The summed E-state index contributed by atoms with van der Waals surface area (Å²) in [7, 11) is 1.74. The minimum Gasteiger partial charge on any atom is -0.496 e. The lowest BCUT2D eigenvalue weighted by Crippen LogP contribution is -2.15. The Morgan fingerprint density at radius 2 is 2.00 bits per heavy atom. The molecule has 0 aromatic heterocycles. The average molecular weight is 219 g/mol. The molecular formula is C15H23O. The summed E-state index contributed by atoms with van der Waals surface area (Å²) in [5.41, 5.74) is 2.82. The maximum Gasteiger partial charge on any atom is 0.122 e. The van der Waals surface area contributed by atoms with E-state index in [0.717, 1.165) is 25.0 Å². The van der Waals surface area contributed by atoms with E-state index in [0.29, 0.717) is 0 Å². The van der Waals surface area contributed by atoms with E-state index < -0.39 is 0 Å². The predicted molar refractivity (Wildman–Crippen MR) is 70.0 cm³/mol. The molecule has 0 amide bonds. The fourth-order valence-electron chi connectivity index (χ4n) is 1.77. The van der Waals surface area contributed by atoms with Gasteiger partial charge in [0.1, 0.15) is 5.75 Å². The molecule has 0 saturated heterocycles. The molecule has 0 unspecified atom stereocenters. The monoisotopic (exact) mass is 219 g/mol. The molecule has 1 rings (SSSR count). The molecule has 0 atom stereocenters. The minimum atomic E-state index is 0.219. The van der Waals surface area contributed by atoms with Gasteiger partial charge in [-0.3, -0.25) is 0 Å². The van der Waals surface area contributed by atoms with Gasteiger partial charge < -0.3 is 4.74 Å². The lowest BCUT2D eigenvalue weighted by molar-refractivity contribution is 0.406. The summed E-state index contributed by atoms with van der Waals surface area (Å²) in [6.07, 6.45) is 3.02. The van der Waals surface area contributed by atoms with E-state index >= 15 is 0 Å². The molecule has 0 saturated carbocycles. The Bertz CT molecular complexity index is 339. The molecule has 1 radical (unpaired) electrons. The second-order valence-corrected chi connectivity index (χ2v) is 4.87. The fraction of sp³-hybridized carbons (Fsp3) is 0.533. The highest BCUT2D eigenvalue weighted by atomic mass is 16.5. The molecule has 0 aliphatic carbocycles. The number of ether oxygens (including phenoxy) is 1. The van der Waals surface area contributed by atoms with Gasteiger partial charge in [0, 0.05) is 0 Å². The van der Waals surface area contributed by atoms with Gasteiger partial charge in [0.15, 0.2) is 0 Å². The first kappa shape index (κ1) is 13.1. The van der Waals surface area contributed by atoms with Crippen molar-refractivity contribution in [3.05, 3.63) is 36.2 Å². The number of benzene rings is 1. The van der Waals surface area contributed by atoms with E-state index in [1.807, 2.05) is 0 Å². The Kier molecular flexibility index (Phi) is 4.40. The summed E-state index contributed by atoms with van der Waals surface area (Å²) in [6.45, 7) is 10.6. The molecule has 0 N–H and O–H groups in total. The molecular weight excluding hydrogens is 196 g/mol. The summed E-state index contributed by atoms with van der Waals surface area (Å²) in [5, 5.41) is 0. The molecule has 0 spiro atoms. The number of hydrogen-bond acceptors (Lipinski definition) is 1. The maximum absolute atomic E-state index is 5.45. The van der Waals surface area contributed by atoms with Crippen LogP contribution in [0.25, 0.3) is 0 Å². The van der Waals surface area contributed by atoms with Gasteiger partial charge >= 0.3 is 0 Å². The molecule has 1 heteroatoms. The van der Waals surface area contributed by atoms with Crippen molar-refractivity contribution < 1.29 is 4.74 Å². The van der Waals surface area contributed by atoms with Crippen LogP contribution in [0.4, 0.5) is 0 Å². The highest BCUT2D eigenvalue weighted by Gasteiger charge is 2.19. The van der Waals surface area contributed by atoms with Crippen molar-refractivity contribution in [3.63, 3.8) is 0 Å². The van der Waals surface area contributed by atoms with Crippen LogP contribution in [0.3, 0.4) is 0 Å². The molecule has 1 aromatic rings. The van der Waals surface area contributed by atoms with E-state index in [1.54, 1.807) is 7.11 Å². The molecule has 0 bridgehead atoms. The zero-order chi connectivity index (χ0) is 12.2. The molecule has 0 fully saturated rings. The van der Waals surface area contributed by atoms with E-state index in [1.165, 1.54) is 11.1 Å². The van der Waals surface area contributed by atoms with Crippen LogP contribution in [0.1, 0.15) is 44.7 Å². The van der Waals surface area contributed by atoms with Gasteiger partial charge in [-0.15, -0.1) is 0 Å². The van der Waals surface area contributed by atoms with E-state index in [9.17, 15) is 0 Å². The molecule has 0 aliphatic heterocycles. The molecule has 89 valence electrons. The third-order valence-corrected chi connectivity index (χ3v) is 3.40. The predicted octanol–water partition coefficient (Wildman–Crippen LogP) is 4.15. The summed E-state index contributed by atoms with van der Waals surface area (Å²) < 4.78 is 5.45. The van der Waals surface area contributed by atoms with Crippen LogP contribution >= 0.6 is 0 Å². The second-order valence-electron chi connectivity index (χ2n) is 4.87. The summed E-state index contributed by atoms with van der Waals surface area (Å²) >= 11 is 0. The van der Waals surface area contributed by atoms with Gasteiger partial charge in [-0.1, -0.05) is 39.8 Å². The normalized spacial score (nSPS) is 11.6. The van der Waals surface area contributed by atoms with Gasteiger partial charge in [-0.25, -0.2) is 0 Å². The van der Waals surface area contributed by atoms with Crippen molar-refractivity contribution in [2.45, 2.75) is 45.4 Å². The Hall–Kier alpha value is -0.980. The third kappa shape index (κ3) is 2.78. The number of aryl methyl sites for hydroxylation is 1. The standard InChI is InChI=1S/C15H23O/c1-6-8-12-9-10-13(11-14(12)16-5)15(3,4)7-2/h9-11H,1,6-8H2,2-5H3. The maximum atomic E-state index is 5.45. The lowest BCUT2D eigenvalue weighted by atomic mass is 9.81. The van der Waals surface area contributed by atoms with Gasteiger partial charge in [0.2, 0.25) is 0 Å². The largest absolute Gasteiger partial charge is 0.496 e. The summed E-state index contributed by atoms with van der Waals surface area (Å²) in [6, 6.07) is 6.57. The van der Waals surface area contributed by atoms with E-state index in [-0.39, 0.29) is 5.41 Å². The Morgan fingerprint density at radius 3 is 2.50 bits per heavy atom. The average Bonchev–Trinajstić information content (AvgIpc) is 2.29. The first-order valence-corrected chi connectivity index (χ1v) is 6.01. The Balaban J connectivity index is 3.08. The van der Waals surface area contributed by atoms with Crippen LogP contribution in [0, 0.1) is 6.92 Å².